The summed E-state index contributed by atoms with van der Waals surface area (Å²) in [5.74, 6) is 6.67. The highest BCUT2D eigenvalue weighted by molar-refractivity contribution is 8.00. The van der Waals surface area contributed by atoms with Gasteiger partial charge >= 0.3 is 0 Å². The fourth-order valence-corrected chi connectivity index (χ4v) is 2.96. The van der Waals surface area contributed by atoms with E-state index in [-0.39, 0.29) is 16.6 Å². The molecule has 6 nitrogen and oxygen atoms in total. The molecule has 0 radical (unpaired) electrons. The van der Waals surface area contributed by atoms with E-state index in [2.05, 4.69) is 15.5 Å². The minimum atomic E-state index is -0.343. The van der Waals surface area contributed by atoms with Gasteiger partial charge < -0.3 is 11.2 Å². The molecule has 1 atom stereocenters. The highest BCUT2D eigenvalue weighted by atomic mass is 32.2. The second-order valence-corrected chi connectivity index (χ2v) is 8.30. The molecule has 0 aliphatic rings. The highest BCUT2D eigenvalue weighted by Crippen LogP contribution is 2.26. The molecule has 1 amide bonds. The molecule has 0 aliphatic heterocycles. The zero-order valence-electron chi connectivity index (χ0n) is 15.0. The molecule has 1 aromatic carbocycles. The van der Waals surface area contributed by atoms with Gasteiger partial charge in [-0.1, -0.05) is 44.7 Å². The van der Waals surface area contributed by atoms with Gasteiger partial charge in [0, 0.05) is 11.1 Å². The van der Waals surface area contributed by atoms with E-state index in [4.69, 9.17) is 5.84 Å². The Labute approximate surface area is 147 Å². The number of nitrogens with two attached hydrogens (primary N) is 1. The monoisotopic (exact) mass is 347 g/mol. The summed E-state index contributed by atoms with van der Waals surface area (Å²) in [6.45, 7) is 11.9. The van der Waals surface area contributed by atoms with Gasteiger partial charge in [-0.3, -0.25) is 4.79 Å². The molecule has 1 aromatic heterocycles. The fraction of sp³-hybridized carbons (Fsp3) is 0.471. The van der Waals surface area contributed by atoms with Crippen LogP contribution in [-0.2, 0) is 10.2 Å². The summed E-state index contributed by atoms with van der Waals surface area (Å²) in [6.07, 6.45) is 0. The average Bonchev–Trinajstić information content (AvgIpc) is 2.84. The molecule has 1 heterocycles. The van der Waals surface area contributed by atoms with Crippen LogP contribution in [0.25, 0.3) is 0 Å². The molecule has 2 aromatic rings. The normalized spacial score (nSPS) is 12.9. The summed E-state index contributed by atoms with van der Waals surface area (Å²) in [7, 11) is 0. The first-order chi connectivity index (χ1) is 11.1. The summed E-state index contributed by atoms with van der Waals surface area (Å²) >= 11 is 1.30. The Bertz CT molecular complexity index is 748. The van der Waals surface area contributed by atoms with Crippen LogP contribution in [0.4, 0.5) is 5.69 Å². The number of thioether (sulfide) groups is 1. The molecule has 0 aliphatic carbocycles. The van der Waals surface area contributed by atoms with Gasteiger partial charge in [-0.05, 0) is 38.0 Å². The molecule has 24 heavy (non-hydrogen) atoms. The molecule has 0 saturated carbocycles. The Kier molecular flexibility index (Phi) is 5.22. The van der Waals surface area contributed by atoms with Gasteiger partial charge in [0.1, 0.15) is 0 Å². The Hall–Kier alpha value is -2.02. The molecule has 0 fully saturated rings. The number of anilines is 1. The first-order valence-corrected chi connectivity index (χ1v) is 8.73. The van der Waals surface area contributed by atoms with Crippen molar-refractivity contribution in [1.29, 1.82) is 0 Å². The average molecular weight is 347 g/mol. The van der Waals surface area contributed by atoms with Gasteiger partial charge in [0.05, 0.1) is 5.25 Å². The van der Waals surface area contributed by atoms with Crippen LogP contribution in [-0.4, -0.2) is 26.0 Å². The van der Waals surface area contributed by atoms with Crippen molar-refractivity contribution in [2.45, 2.75) is 57.4 Å². The van der Waals surface area contributed by atoms with Crippen molar-refractivity contribution in [1.82, 2.24) is 14.9 Å². The molecular formula is C17H25N5OS. The molecule has 0 spiro atoms. The number of nitrogens with one attached hydrogen (secondary N) is 1. The molecule has 2 rings (SSSR count). The number of hydrogen-bond acceptors (Lipinski definition) is 5. The maximum atomic E-state index is 12.5. The minimum Gasteiger partial charge on any atom is -0.336 e. The Morgan fingerprint density at radius 1 is 1.29 bits per heavy atom. The Morgan fingerprint density at radius 2 is 1.96 bits per heavy atom. The highest BCUT2D eigenvalue weighted by Gasteiger charge is 2.25. The van der Waals surface area contributed by atoms with Gasteiger partial charge in [-0.15, -0.1) is 10.2 Å². The van der Waals surface area contributed by atoms with Crippen LogP contribution in [0.1, 0.15) is 44.6 Å². The standard InChI is InChI=1S/C17H25N5OS/c1-10-7-8-11(2)13(9-10)19-14(23)12(3)24-16-21-20-15(22(16)18)17(4,5)6/h7-9,12H,18H2,1-6H3,(H,19,23). The number of nitrogens with zero attached hydrogens (tertiary/aromatic N) is 3. The van der Waals surface area contributed by atoms with E-state index >= 15 is 0 Å². The lowest BCUT2D eigenvalue weighted by molar-refractivity contribution is -0.115. The molecule has 130 valence electrons. The molecular weight excluding hydrogens is 322 g/mol. The van der Waals surface area contributed by atoms with Crippen molar-refractivity contribution in [3.8, 4) is 0 Å². The van der Waals surface area contributed by atoms with E-state index in [0.29, 0.717) is 11.0 Å². The number of carbonyl (C=O) groups excluding carboxylic acids is 1. The van der Waals surface area contributed by atoms with Crippen molar-refractivity contribution < 1.29 is 4.79 Å². The van der Waals surface area contributed by atoms with E-state index in [1.54, 1.807) is 0 Å². The number of aromatic nitrogens is 3. The fourth-order valence-electron chi connectivity index (χ4n) is 2.19. The van der Waals surface area contributed by atoms with Crippen LogP contribution in [0, 0.1) is 13.8 Å². The third kappa shape index (κ3) is 4.08. The van der Waals surface area contributed by atoms with Gasteiger partial charge in [0.2, 0.25) is 11.1 Å². The van der Waals surface area contributed by atoms with Gasteiger partial charge in [0.15, 0.2) is 5.82 Å². The molecule has 1 unspecified atom stereocenters. The number of nitrogen functional groups attached to an aromatic ring is 1. The Morgan fingerprint density at radius 3 is 2.54 bits per heavy atom. The van der Waals surface area contributed by atoms with Gasteiger partial charge in [0.25, 0.3) is 0 Å². The van der Waals surface area contributed by atoms with E-state index < -0.39 is 0 Å². The zero-order valence-corrected chi connectivity index (χ0v) is 15.9. The van der Waals surface area contributed by atoms with Crippen molar-refractivity contribution in [2.75, 3.05) is 11.2 Å². The quantitative estimate of drug-likeness (QED) is 0.656. The van der Waals surface area contributed by atoms with Crippen LogP contribution >= 0.6 is 11.8 Å². The van der Waals surface area contributed by atoms with Crippen LogP contribution in [0.3, 0.4) is 0 Å². The third-order valence-electron chi connectivity index (χ3n) is 3.64. The predicted octanol–water partition coefficient (Wildman–Crippen LogP) is 3.03. The van der Waals surface area contributed by atoms with E-state index in [9.17, 15) is 4.79 Å². The molecule has 7 heteroatoms. The lowest BCUT2D eigenvalue weighted by Gasteiger charge is -2.17. The number of rotatable bonds is 4. The molecule has 0 bridgehead atoms. The first-order valence-electron chi connectivity index (χ1n) is 7.85. The zero-order chi connectivity index (χ0) is 18.1. The number of hydrogen-bond donors (Lipinski definition) is 2. The minimum absolute atomic E-state index is 0.0889. The lowest BCUT2D eigenvalue weighted by Crippen LogP contribution is -2.26. The maximum absolute atomic E-state index is 12.5. The lowest BCUT2D eigenvalue weighted by atomic mass is 9.96. The van der Waals surface area contributed by atoms with E-state index in [1.165, 1.54) is 16.4 Å². The number of carbonyl (C=O) groups is 1. The predicted molar refractivity (Wildman–Crippen MR) is 98.7 cm³/mol. The largest absolute Gasteiger partial charge is 0.336 e. The number of amides is 1. The van der Waals surface area contributed by atoms with E-state index in [0.717, 1.165) is 16.8 Å². The topological polar surface area (TPSA) is 85.8 Å². The van der Waals surface area contributed by atoms with Crippen LogP contribution in [0.2, 0.25) is 0 Å². The van der Waals surface area contributed by atoms with Crippen LogP contribution < -0.4 is 11.2 Å². The smallest absolute Gasteiger partial charge is 0.237 e. The van der Waals surface area contributed by atoms with Crippen molar-refractivity contribution in [3.63, 3.8) is 0 Å². The first kappa shape index (κ1) is 18.3. The summed E-state index contributed by atoms with van der Waals surface area (Å²) < 4.78 is 1.46. The van der Waals surface area contributed by atoms with Crippen LogP contribution in [0.15, 0.2) is 23.4 Å². The molecule has 0 saturated heterocycles. The van der Waals surface area contributed by atoms with Crippen LogP contribution in [0.5, 0.6) is 0 Å². The summed E-state index contributed by atoms with van der Waals surface area (Å²) in [5.41, 5.74) is 2.76. The summed E-state index contributed by atoms with van der Waals surface area (Å²) in [5, 5.41) is 11.4. The second-order valence-electron chi connectivity index (χ2n) is 6.99. The van der Waals surface area contributed by atoms with Crippen molar-refractivity contribution in [2.24, 2.45) is 0 Å². The van der Waals surface area contributed by atoms with Crippen molar-refractivity contribution >= 4 is 23.4 Å². The maximum Gasteiger partial charge on any atom is 0.237 e. The molecule has 3 N–H and O–H groups in total. The Balaban J connectivity index is 2.10. The summed E-state index contributed by atoms with van der Waals surface area (Å²) in [4.78, 5) is 12.5. The summed E-state index contributed by atoms with van der Waals surface area (Å²) in [6, 6.07) is 5.98. The van der Waals surface area contributed by atoms with Crippen molar-refractivity contribution in [3.05, 3.63) is 35.2 Å². The number of aryl methyl sites for hydroxylation is 2. The van der Waals surface area contributed by atoms with Gasteiger partial charge in [-0.25, -0.2) is 4.68 Å². The third-order valence-corrected chi connectivity index (χ3v) is 4.69. The van der Waals surface area contributed by atoms with E-state index in [1.807, 2.05) is 59.7 Å². The SMILES string of the molecule is Cc1ccc(C)c(NC(=O)C(C)Sc2nnc(C(C)(C)C)n2N)c1. The van der Waals surface area contributed by atoms with Gasteiger partial charge in [-0.2, -0.15) is 0 Å². The number of benzene rings is 1. The second kappa shape index (κ2) is 6.84.